The van der Waals surface area contributed by atoms with Gasteiger partial charge in [-0.15, -0.1) is 0 Å². The second-order valence-electron chi connectivity index (χ2n) is 7.80. The highest BCUT2D eigenvalue weighted by atomic mass is 79.9. The minimum absolute atomic E-state index is 0.0655. The normalized spacial score (nSPS) is 19.8. The second-order valence-corrected chi connectivity index (χ2v) is 8.66. The number of halogens is 1. The number of nitrogens with zero attached hydrogens (tertiary/aromatic N) is 2. The molecule has 0 spiro atoms. The summed E-state index contributed by atoms with van der Waals surface area (Å²) in [6.45, 7) is 1.92. The zero-order valence-electron chi connectivity index (χ0n) is 17.1. The summed E-state index contributed by atoms with van der Waals surface area (Å²) in [7, 11) is 0. The molecule has 5 rings (SSSR count). The molecular formula is C23H24BrN3O4. The molecule has 1 unspecified atom stereocenters. The third kappa shape index (κ3) is 4.27. The Kier molecular flexibility index (Phi) is 5.82. The zero-order chi connectivity index (χ0) is 21.2. The quantitative estimate of drug-likeness (QED) is 0.514. The number of aromatic nitrogens is 2. The molecule has 1 N–H and O–H groups in total. The van der Waals surface area contributed by atoms with Gasteiger partial charge in [0.2, 0.25) is 0 Å². The largest absolute Gasteiger partial charge is 0.494 e. The molecule has 1 saturated heterocycles. The number of rotatable bonds is 1. The average Bonchev–Trinajstić information content (AvgIpc) is 3.17. The van der Waals surface area contributed by atoms with Crippen LogP contribution in [0, 0.1) is 0 Å². The van der Waals surface area contributed by atoms with Crippen molar-refractivity contribution in [3.8, 4) is 17.0 Å². The maximum Gasteiger partial charge on any atom is 0.407 e. The summed E-state index contributed by atoms with van der Waals surface area (Å²) in [4.78, 5) is 12.0. The number of hydrogen-bond donors (Lipinski definition) is 1. The molecule has 162 valence electrons. The van der Waals surface area contributed by atoms with Gasteiger partial charge in [-0.05, 0) is 56.0 Å². The van der Waals surface area contributed by atoms with Crippen LogP contribution in [0.15, 0.2) is 40.9 Å². The van der Waals surface area contributed by atoms with Crippen LogP contribution in [0.25, 0.3) is 22.2 Å². The van der Waals surface area contributed by atoms with Crippen LogP contribution in [-0.4, -0.2) is 35.6 Å². The van der Waals surface area contributed by atoms with Crippen LogP contribution < -0.4 is 10.1 Å². The number of amides is 1. The molecule has 1 aromatic heterocycles. The highest BCUT2D eigenvalue weighted by Gasteiger charge is 2.22. The molecule has 1 fully saturated rings. The summed E-state index contributed by atoms with van der Waals surface area (Å²) in [5, 5.41) is 8.76. The summed E-state index contributed by atoms with van der Waals surface area (Å²) in [6, 6.07) is 12.1. The Hall–Kier alpha value is -2.58. The van der Waals surface area contributed by atoms with E-state index in [9.17, 15) is 4.79 Å². The summed E-state index contributed by atoms with van der Waals surface area (Å²) in [5.41, 5.74) is 3.72. The lowest BCUT2D eigenvalue weighted by Gasteiger charge is -2.23. The van der Waals surface area contributed by atoms with Crippen molar-refractivity contribution in [2.24, 2.45) is 0 Å². The van der Waals surface area contributed by atoms with E-state index in [1.54, 1.807) is 0 Å². The van der Waals surface area contributed by atoms with E-state index < -0.39 is 6.09 Å². The minimum Gasteiger partial charge on any atom is -0.494 e. The smallest absolute Gasteiger partial charge is 0.407 e. The number of hydrogen-bond acceptors (Lipinski definition) is 5. The molecule has 0 saturated carbocycles. The first-order valence-electron chi connectivity index (χ1n) is 10.6. The molecule has 3 heterocycles. The van der Waals surface area contributed by atoms with Crippen molar-refractivity contribution in [2.75, 3.05) is 19.8 Å². The Morgan fingerprint density at radius 1 is 1.06 bits per heavy atom. The van der Waals surface area contributed by atoms with Crippen molar-refractivity contribution in [1.29, 1.82) is 0 Å². The first-order valence-corrected chi connectivity index (χ1v) is 11.4. The Morgan fingerprint density at radius 3 is 2.87 bits per heavy atom. The van der Waals surface area contributed by atoms with E-state index in [0.717, 1.165) is 63.8 Å². The molecule has 4 bridgehead atoms. The lowest BCUT2D eigenvalue weighted by Crippen LogP contribution is -2.26. The van der Waals surface area contributed by atoms with Gasteiger partial charge in [-0.1, -0.05) is 22.0 Å². The van der Waals surface area contributed by atoms with E-state index in [1.807, 2.05) is 35.0 Å². The van der Waals surface area contributed by atoms with E-state index in [-0.39, 0.29) is 12.8 Å². The van der Waals surface area contributed by atoms with Gasteiger partial charge in [0, 0.05) is 34.1 Å². The number of ether oxygens (including phenoxy) is 3. The van der Waals surface area contributed by atoms with Crippen LogP contribution in [0.2, 0.25) is 0 Å². The van der Waals surface area contributed by atoms with Gasteiger partial charge in [0.15, 0.2) is 6.23 Å². The van der Waals surface area contributed by atoms with Crippen molar-refractivity contribution in [3.05, 3.63) is 46.4 Å². The van der Waals surface area contributed by atoms with E-state index >= 15 is 0 Å². The van der Waals surface area contributed by atoms with E-state index in [1.165, 1.54) is 0 Å². The molecule has 2 aliphatic rings. The number of benzene rings is 2. The summed E-state index contributed by atoms with van der Waals surface area (Å²) >= 11 is 3.57. The molecule has 2 aromatic carbocycles. The van der Waals surface area contributed by atoms with Crippen LogP contribution in [-0.2, 0) is 16.1 Å². The monoisotopic (exact) mass is 485 g/mol. The third-order valence-electron chi connectivity index (χ3n) is 5.64. The molecule has 3 aromatic rings. The Balaban J connectivity index is 1.64. The standard InChI is InChI=1S/C23H24BrN3O4/c24-19-7-5-15-12-16(19)14-31-23(28)25-9-3-11-29-17-6-8-20-18(13-17)22(15)26-27(20)21-4-1-2-10-30-21/h5-8,12-13,21H,1-4,9-11,14H2,(H,25,28). The van der Waals surface area contributed by atoms with E-state index in [4.69, 9.17) is 19.3 Å². The van der Waals surface area contributed by atoms with E-state index in [0.29, 0.717) is 19.6 Å². The van der Waals surface area contributed by atoms with Crippen molar-refractivity contribution < 1.29 is 19.0 Å². The van der Waals surface area contributed by atoms with Gasteiger partial charge in [0.1, 0.15) is 18.1 Å². The molecule has 0 aliphatic carbocycles. The number of fused-ring (bicyclic) bond motifs is 4. The van der Waals surface area contributed by atoms with Gasteiger partial charge in [0.25, 0.3) is 0 Å². The van der Waals surface area contributed by atoms with Crippen LogP contribution in [0.1, 0.15) is 37.5 Å². The maximum absolute atomic E-state index is 12.0. The van der Waals surface area contributed by atoms with Crippen LogP contribution in [0.5, 0.6) is 5.75 Å². The van der Waals surface area contributed by atoms with Gasteiger partial charge in [-0.3, -0.25) is 0 Å². The van der Waals surface area contributed by atoms with Gasteiger partial charge in [-0.25, -0.2) is 9.48 Å². The molecule has 7 nitrogen and oxygen atoms in total. The number of nitrogens with one attached hydrogen (secondary N) is 1. The Morgan fingerprint density at radius 2 is 2.00 bits per heavy atom. The van der Waals surface area contributed by atoms with Gasteiger partial charge in [0.05, 0.1) is 12.1 Å². The minimum atomic E-state index is -0.436. The summed E-state index contributed by atoms with van der Waals surface area (Å²) in [5.74, 6) is 0.785. The second kappa shape index (κ2) is 8.88. The van der Waals surface area contributed by atoms with Gasteiger partial charge < -0.3 is 19.5 Å². The number of carbonyl (C=O) groups is 1. The first kappa shape index (κ1) is 20.3. The van der Waals surface area contributed by atoms with Crippen LogP contribution in [0.3, 0.4) is 0 Å². The van der Waals surface area contributed by atoms with Crippen molar-refractivity contribution in [2.45, 2.75) is 38.5 Å². The SMILES string of the molecule is O=C1NCCCOc2ccc3c(c2)c(nn3C2CCCCO2)-c2ccc(Br)c(c2)CO1. The highest BCUT2D eigenvalue weighted by molar-refractivity contribution is 9.10. The van der Waals surface area contributed by atoms with Crippen LogP contribution in [0.4, 0.5) is 4.79 Å². The van der Waals surface area contributed by atoms with Crippen molar-refractivity contribution in [3.63, 3.8) is 0 Å². The Labute approximate surface area is 188 Å². The van der Waals surface area contributed by atoms with Gasteiger partial charge >= 0.3 is 6.09 Å². The fraction of sp³-hybridized carbons (Fsp3) is 0.391. The van der Waals surface area contributed by atoms with Crippen molar-refractivity contribution in [1.82, 2.24) is 15.1 Å². The number of cyclic esters (lactones) is 1. The van der Waals surface area contributed by atoms with Gasteiger partial charge in [-0.2, -0.15) is 5.10 Å². The van der Waals surface area contributed by atoms with Crippen LogP contribution >= 0.6 is 15.9 Å². The number of alkyl carbamates (subject to hydrolysis) is 1. The molecular weight excluding hydrogens is 462 g/mol. The molecule has 2 aliphatic heterocycles. The average molecular weight is 486 g/mol. The molecule has 1 amide bonds. The summed E-state index contributed by atoms with van der Waals surface area (Å²) in [6.07, 6.45) is 3.35. The Bertz CT molecular complexity index is 1110. The highest BCUT2D eigenvalue weighted by Crippen LogP contribution is 2.36. The molecule has 8 heteroatoms. The predicted molar refractivity (Wildman–Crippen MR) is 120 cm³/mol. The van der Waals surface area contributed by atoms with E-state index in [2.05, 4.69) is 27.3 Å². The summed E-state index contributed by atoms with van der Waals surface area (Å²) < 4.78 is 20.2. The maximum atomic E-state index is 12.0. The molecule has 1 atom stereocenters. The topological polar surface area (TPSA) is 74.6 Å². The first-order chi connectivity index (χ1) is 15.2. The third-order valence-corrected chi connectivity index (χ3v) is 6.42. The lowest BCUT2D eigenvalue weighted by molar-refractivity contribution is -0.0365. The molecule has 0 radical (unpaired) electrons. The lowest BCUT2D eigenvalue weighted by atomic mass is 10.0. The van der Waals surface area contributed by atoms with Crippen molar-refractivity contribution >= 4 is 32.9 Å². The molecule has 31 heavy (non-hydrogen) atoms. The zero-order valence-corrected chi connectivity index (χ0v) is 18.7. The fourth-order valence-electron chi connectivity index (χ4n) is 4.04. The number of carbonyl (C=O) groups excluding carboxylic acids is 1. The predicted octanol–water partition coefficient (Wildman–Crippen LogP) is 5.17. The fourth-order valence-corrected chi connectivity index (χ4v) is 4.40.